The molecule has 156 valence electrons. The van der Waals surface area contributed by atoms with Gasteiger partial charge in [-0.25, -0.2) is 4.99 Å². The highest BCUT2D eigenvalue weighted by molar-refractivity contribution is 14.0. The third kappa shape index (κ3) is 5.75. The molecule has 3 rings (SSSR count). The number of nitrogens with zero attached hydrogens (tertiary/aromatic N) is 2. The zero-order valence-corrected chi connectivity index (χ0v) is 19.0. The van der Waals surface area contributed by atoms with E-state index in [-0.39, 0.29) is 42.4 Å². The van der Waals surface area contributed by atoms with E-state index in [1.165, 1.54) is 5.56 Å². The molecule has 3 N–H and O–H groups in total. The van der Waals surface area contributed by atoms with Crippen LogP contribution < -0.4 is 25.4 Å². The standard InChI is InChI=1S/C21H26N4O3.HI/c1-27-18-10-9-15(12-19(18)28-2)13-23-21(22)24-14-20(26)25-11-5-7-16-6-3-4-8-17(16)25;/h3-4,6,8-10,12H,5,7,11,13-14H2,1-2H3,(H3,22,23,24);1H. The number of guanidine groups is 1. The van der Waals surface area contributed by atoms with Gasteiger partial charge in [-0.2, -0.15) is 0 Å². The van der Waals surface area contributed by atoms with Crippen molar-refractivity contribution in [2.45, 2.75) is 19.4 Å². The Balaban J connectivity index is 0.00000300. The predicted molar refractivity (Wildman–Crippen MR) is 125 cm³/mol. The van der Waals surface area contributed by atoms with Gasteiger partial charge < -0.3 is 25.4 Å². The lowest BCUT2D eigenvalue weighted by Crippen LogP contribution is -2.44. The van der Waals surface area contributed by atoms with Crippen molar-refractivity contribution in [1.29, 1.82) is 0 Å². The summed E-state index contributed by atoms with van der Waals surface area (Å²) in [5, 5.41) is 2.91. The van der Waals surface area contributed by atoms with E-state index in [9.17, 15) is 4.79 Å². The number of carbonyl (C=O) groups is 1. The fraction of sp³-hybridized carbons (Fsp3) is 0.333. The Kier molecular flexibility index (Phi) is 8.56. The second-order valence-corrected chi connectivity index (χ2v) is 6.52. The summed E-state index contributed by atoms with van der Waals surface area (Å²) in [6.45, 7) is 1.20. The van der Waals surface area contributed by atoms with Gasteiger partial charge in [0.1, 0.15) is 0 Å². The van der Waals surface area contributed by atoms with Gasteiger partial charge in [0.15, 0.2) is 17.5 Å². The Hall–Kier alpha value is -2.49. The van der Waals surface area contributed by atoms with Crippen molar-refractivity contribution >= 4 is 41.5 Å². The Morgan fingerprint density at radius 1 is 1.17 bits per heavy atom. The molecule has 1 heterocycles. The van der Waals surface area contributed by atoms with E-state index in [0.29, 0.717) is 18.0 Å². The van der Waals surface area contributed by atoms with Crippen LogP contribution in [0.1, 0.15) is 17.5 Å². The Labute approximate surface area is 188 Å². The zero-order chi connectivity index (χ0) is 19.9. The molecule has 0 saturated carbocycles. The Bertz CT molecular complexity index is 873. The lowest BCUT2D eigenvalue weighted by molar-refractivity contribution is -0.117. The number of ether oxygens (including phenoxy) is 2. The van der Waals surface area contributed by atoms with Gasteiger partial charge in [-0.15, -0.1) is 24.0 Å². The lowest BCUT2D eigenvalue weighted by atomic mass is 10.0. The number of amides is 1. The summed E-state index contributed by atoms with van der Waals surface area (Å²) < 4.78 is 10.5. The van der Waals surface area contributed by atoms with Crippen LogP contribution in [0.3, 0.4) is 0 Å². The van der Waals surface area contributed by atoms with E-state index in [1.807, 2.05) is 41.3 Å². The van der Waals surface area contributed by atoms with E-state index >= 15 is 0 Å². The van der Waals surface area contributed by atoms with Crippen LogP contribution in [0.4, 0.5) is 5.69 Å². The van der Waals surface area contributed by atoms with Crippen LogP contribution in [0.5, 0.6) is 11.5 Å². The third-order valence-corrected chi connectivity index (χ3v) is 4.71. The molecule has 0 saturated heterocycles. The van der Waals surface area contributed by atoms with Gasteiger partial charge in [0.25, 0.3) is 0 Å². The van der Waals surface area contributed by atoms with Gasteiger partial charge in [-0.3, -0.25) is 4.79 Å². The van der Waals surface area contributed by atoms with E-state index < -0.39 is 0 Å². The second-order valence-electron chi connectivity index (χ2n) is 6.52. The average molecular weight is 510 g/mol. The average Bonchev–Trinajstić information content (AvgIpc) is 2.75. The Morgan fingerprint density at radius 2 is 1.93 bits per heavy atom. The predicted octanol–water partition coefficient (Wildman–Crippen LogP) is 2.71. The first-order valence-electron chi connectivity index (χ1n) is 9.25. The number of hydrogen-bond acceptors (Lipinski definition) is 4. The largest absolute Gasteiger partial charge is 0.493 e. The number of nitrogens with one attached hydrogen (secondary N) is 1. The molecule has 1 aliphatic heterocycles. The molecule has 2 aromatic rings. The maximum Gasteiger partial charge on any atom is 0.246 e. The summed E-state index contributed by atoms with van der Waals surface area (Å²) in [5.74, 6) is 1.51. The first-order chi connectivity index (χ1) is 13.6. The quantitative estimate of drug-likeness (QED) is 0.355. The number of hydrogen-bond donors (Lipinski definition) is 2. The van der Waals surface area contributed by atoms with Crippen molar-refractivity contribution in [3.63, 3.8) is 0 Å². The fourth-order valence-corrected chi connectivity index (χ4v) is 3.27. The molecule has 0 atom stereocenters. The molecule has 1 amide bonds. The smallest absolute Gasteiger partial charge is 0.246 e. The molecule has 0 unspecified atom stereocenters. The molecular weight excluding hydrogens is 483 g/mol. The zero-order valence-electron chi connectivity index (χ0n) is 16.7. The number of carbonyl (C=O) groups excluding carboxylic acids is 1. The highest BCUT2D eigenvalue weighted by Gasteiger charge is 2.21. The van der Waals surface area contributed by atoms with Crippen molar-refractivity contribution in [3.8, 4) is 11.5 Å². The van der Waals surface area contributed by atoms with Crippen LogP contribution in [-0.2, 0) is 17.8 Å². The highest BCUT2D eigenvalue weighted by atomic mass is 127. The molecule has 2 aromatic carbocycles. The third-order valence-electron chi connectivity index (χ3n) is 4.71. The maximum absolute atomic E-state index is 12.6. The van der Waals surface area contributed by atoms with Gasteiger partial charge >= 0.3 is 0 Å². The summed E-state index contributed by atoms with van der Waals surface area (Å²) in [4.78, 5) is 18.7. The molecule has 29 heavy (non-hydrogen) atoms. The fourth-order valence-electron chi connectivity index (χ4n) is 3.27. The Morgan fingerprint density at radius 3 is 2.69 bits per heavy atom. The lowest BCUT2D eigenvalue weighted by Gasteiger charge is -2.29. The number of anilines is 1. The van der Waals surface area contributed by atoms with Crippen LogP contribution in [-0.4, -0.2) is 39.2 Å². The summed E-state index contributed by atoms with van der Waals surface area (Å²) in [6.07, 6.45) is 1.97. The summed E-state index contributed by atoms with van der Waals surface area (Å²) in [7, 11) is 3.18. The van der Waals surface area contributed by atoms with Gasteiger partial charge in [-0.05, 0) is 42.2 Å². The SMILES string of the molecule is COc1ccc(CN=C(N)NCC(=O)N2CCCc3ccccc32)cc1OC.I. The molecule has 0 aromatic heterocycles. The van der Waals surface area contributed by atoms with E-state index in [2.05, 4.69) is 16.4 Å². The molecule has 0 fully saturated rings. The van der Waals surface area contributed by atoms with Gasteiger partial charge in [-0.1, -0.05) is 24.3 Å². The number of aryl methyl sites for hydroxylation is 1. The minimum Gasteiger partial charge on any atom is -0.493 e. The number of rotatable bonds is 6. The van der Waals surface area contributed by atoms with Crippen LogP contribution in [0.2, 0.25) is 0 Å². The molecule has 0 radical (unpaired) electrons. The molecule has 0 bridgehead atoms. The minimum absolute atomic E-state index is 0. The first-order valence-corrected chi connectivity index (χ1v) is 9.25. The molecule has 1 aliphatic rings. The minimum atomic E-state index is -0.0172. The van der Waals surface area contributed by atoms with E-state index in [4.69, 9.17) is 15.2 Å². The van der Waals surface area contributed by atoms with Crippen LogP contribution in [0.15, 0.2) is 47.5 Å². The first kappa shape index (κ1) is 22.8. The van der Waals surface area contributed by atoms with Crippen LogP contribution >= 0.6 is 24.0 Å². The van der Waals surface area contributed by atoms with E-state index in [1.54, 1.807) is 14.2 Å². The molecule has 0 spiro atoms. The number of benzene rings is 2. The van der Waals surface area contributed by atoms with Gasteiger partial charge in [0.05, 0.1) is 27.3 Å². The number of aliphatic imine (C=N–C) groups is 1. The normalized spacial score (nSPS) is 13.2. The van der Waals surface area contributed by atoms with Gasteiger partial charge in [0, 0.05) is 12.2 Å². The van der Waals surface area contributed by atoms with Crippen LogP contribution in [0.25, 0.3) is 0 Å². The number of nitrogens with two attached hydrogens (primary N) is 1. The summed E-state index contributed by atoms with van der Waals surface area (Å²) in [5.41, 5.74) is 9.06. The number of halogens is 1. The highest BCUT2D eigenvalue weighted by Crippen LogP contribution is 2.28. The van der Waals surface area contributed by atoms with Crippen molar-refractivity contribution in [1.82, 2.24) is 5.32 Å². The van der Waals surface area contributed by atoms with Gasteiger partial charge in [0.2, 0.25) is 5.91 Å². The molecule has 8 heteroatoms. The summed E-state index contributed by atoms with van der Waals surface area (Å²) in [6, 6.07) is 13.6. The molecular formula is C21H27IN4O3. The number of para-hydroxylation sites is 1. The second kappa shape index (κ2) is 10.9. The van der Waals surface area contributed by atoms with Crippen molar-refractivity contribution in [2.75, 3.05) is 32.2 Å². The van der Waals surface area contributed by atoms with Crippen molar-refractivity contribution in [3.05, 3.63) is 53.6 Å². The number of fused-ring (bicyclic) bond motifs is 1. The topological polar surface area (TPSA) is 89.2 Å². The van der Waals surface area contributed by atoms with Crippen molar-refractivity contribution in [2.24, 2.45) is 10.7 Å². The maximum atomic E-state index is 12.6. The van der Waals surface area contributed by atoms with Crippen molar-refractivity contribution < 1.29 is 14.3 Å². The van der Waals surface area contributed by atoms with Crippen LogP contribution in [0, 0.1) is 0 Å². The summed E-state index contributed by atoms with van der Waals surface area (Å²) >= 11 is 0. The number of methoxy groups -OCH3 is 2. The molecule has 7 nitrogen and oxygen atoms in total. The monoisotopic (exact) mass is 510 g/mol. The molecule has 0 aliphatic carbocycles. The van der Waals surface area contributed by atoms with E-state index in [0.717, 1.165) is 30.6 Å².